The highest BCUT2D eigenvalue weighted by Gasteiger charge is 2.19. The second-order valence-electron chi connectivity index (χ2n) is 6.60. The van der Waals surface area contributed by atoms with Crippen LogP contribution in [0.2, 0.25) is 0 Å². The number of rotatable bonds is 7. The van der Waals surface area contributed by atoms with Gasteiger partial charge in [-0.3, -0.25) is 4.72 Å². The van der Waals surface area contributed by atoms with Crippen LogP contribution in [0.3, 0.4) is 0 Å². The van der Waals surface area contributed by atoms with Crippen molar-refractivity contribution in [3.63, 3.8) is 0 Å². The van der Waals surface area contributed by atoms with Gasteiger partial charge < -0.3 is 14.8 Å². The summed E-state index contributed by atoms with van der Waals surface area (Å²) in [6, 6.07) is 11.8. The van der Waals surface area contributed by atoms with Crippen LogP contribution in [0, 0.1) is 5.92 Å². The highest BCUT2D eigenvalue weighted by Crippen LogP contribution is 2.32. The highest BCUT2D eigenvalue weighted by molar-refractivity contribution is 7.92. The van der Waals surface area contributed by atoms with Gasteiger partial charge in [-0.1, -0.05) is 13.8 Å². The summed E-state index contributed by atoms with van der Waals surface area (Å²) in [5.41, 5.74) is 1.47. The first-order valence-corrected chi connectivity index (χ1v) is 10.2. The molecule has 0 aromatic heterocycles. The van der Waals surface area contributed by atoms with E-state index < -0.39 is 10.0 Å². The van der Waals surface area contributed by atoms with Crippen LogP contribution < -0.4 is 19.5 Å². The lowest BCUT2D eigenvalue weighted by Gasteiger charge is -2.19. The standard InChI is InChI=1S/C19H24N2O4S/c1-14(2)9-10-20-15-3-5-16(6-4-15)21-26(22,23)17-7-8-18-19(13-17)25-12-11-24-18/h3-8,13-14,20-21H,9-12H2,1-2H3. The number of fused-ring (bicyclic) bond motifs is 1. The molecule has 0 atom stereocenters. The average Bonchev–Trinajstić information content (AvgIpc) is 2.62. The molecule has 0 saturated heterocycles. The molecule has 140 valence electrons. The van der Waals surface area contributed by atoms with Crippen molar-refractivity contribution in [3.8, 4) is 11.5 Å². The summed E-state index contributed by atoms with van der Waals surface area (Å²) < 4.78 is 38.7. The van der Waals surface area contributed by atoms with Gasteiger partial charge in [-0.15, -0.1) is 0 Å². The van der Waals surface area contributed by atoms with Gasteiger partial charge in [0.25, 0.3) is 10.0 Å². The van der Waals surface area contributed by atoms with Crippen molar-refractivity contribution in [2.24, 2.45) is 5.92 Å². The Hall–Kier alpha value is -2.41. The van der Waals surface area contributed by atoms with E-state index in [1.165, 1.54) is 12.1 Å². The quantitative estimate of drug-likeness (QED) is 0.770. The lowest BCUT2D eigenvalue weighted by atomic mass is 10.1. The predicted molar refractivity (Wildman–Crippen MR) is 103 cm³/mol. The predicted octanol–water partition coefficient (Wildman–Crippen LogP) is 3.72. The van der Waals surface area contributed by atoms with Gasteiger partial charge in [0.05, 0.1) is 4.90 Å². The van der Waals surface area contributed by atoms with Gasteiger partial charge in [-0.05, 0) is 48.7 Å². The fourth-order valence-corrected chi connectivity index (χ4v) is 3.64. The Balaban J connectivity index is 1.67. The summed E-state index contributed by atoms with van der Waals surface area (Å²) in [6.07, 6.45) is 1.08. The number of sulfonamides is 1. The molecule has 0 unspecified atom stereocenters. The molecule has 1 heterocycles. The van der Waals surface area contributed by atoms with Crippen LogP contribution in [0.15, 0.2) is 47.4 Å². The van der Waals surface area contributed by atoms with E-state index in [0.717, 1.165) is 18.7 Å². The summed E-state index contributed by atoms with van der Waals surface area (Å²) in [6.45, 7) is 6.12. The lowest BCUT2D eigenvalue weighted by Crippen LogP contribution is -2.17. The number of nitrogens with one attached hydrogen (secondary N) is 2. The normalized spacial score (nSPS) is 13.5. The van der Waals surface area contributed by atoms with Gasteiger partial charge in [0.15, 0.2) is 11.5 Å². The maximum absolute atomic E-state index is 12.6. The Morgan fingerprint density at radius 2 is 1.62 bits per heavy atom. The molecule has 3 rings (SSSR count). The highest BCUT2D eigenvalue weighted by atomic mass is 32.2. The zero-order valence-corrected chi connectivity index (χ0v) is 15.8. The van der Waals surface area contributed by atoms with E-state index in [9.17, 15) is 8.42 Å². The minimum atomic E-state index is -3.69. The molecular weight excluding hydrogens is 352 g/mol. The first kappa shape index (κ1) is 18.4. The van der Waals surface area contributed by atoms with Crippen LogP contribution in [0.5, 0.6) is 11.5 Å². The van der Waals surface area contributed by atoms with Crippen molar-refractivity contribution in [3.05, 3.63) is 42.5 Å². The van der Waals surface area contributed by atoms with Crippen LogP contribution in [0.4, 0.5) is 11.4 Å². The smallest absolute Gasteiger partial charge is 0.262 e. The van der Waals surface area contributed by atoms with Gasteiger partial charge in [-0.25, -0.2) is 8.42 Å². The summed E-state index contributed by atoms with van der Waals surface area (Å²) in [5, 5.41) is 3.32. The molecule has 2 N–H and O–H groups in total. The maximum atomic E-state index is 12.6. The van der Waals surface area contributed by atoms with Crippen molar-refractivity contribution in [1.29, 1.82) is 0 Å². The van der Waals surface area contributed by atoms with Crippen molar-refractivity contribution in [2.75, 3.05) is 29.8 Å². The molecule has 26 heavy (non-hydrogen) atoms. The molecule has 6 nitrogen and oxygen atoms in total. The molecule has 1 aliphatic rings. The molecule has 0 fully saturated rings. The molecule has 2 aromatic carbocycles. The van der Waals surface area contributed by atoms with Gasteiger partial charge in [0.2, 0.25) is 0 Å². The van der Waals surface area contributed by atoms with Crippen molar-refractivity contribution in [2.45, 2.75) is 25.2 Å². The summed E-state index contributed by atoms with van der Waals surface area (Å²) in [5.74, 6) is 1.65. The van der Waals surface area contributed by atoms with Crippen molar-refractivity contribution < 1.29 is 17.9 Å². The topological polar surface area (TPSA) is 76.7 Å². The Morgan fingerprint density at radius 3 is 2.31 bits per heavy atom. The number of ether oxygens (including phenoxy) is 2. The Morgan fingerprint density at radius 1 is 0.962 bits per heavy atom. The third-order valence-electron chi connectivity index (χ3n) is 4.01. The first-order valence-electron chi connectivity index (χ1n) is 8.70. The van der Waals surface area contributed by atoms with Gasteiger partial charge in [-0.2, -0.15) is 0 Å². The van der Waals surface area contributed by atoms with Crippen LogP contribution in [0.1, 0.15) is 20.3 Å². The van der Waals surface area contributed by atoms with Crippen LogP contribution in [-0.4, -0.2) is 28.2 Å². The molecule has 7 heteroatoms. The lowest BCUT2D eigenvalue weighted by molar-refractivity contribution is 0.171. The van der Waals surface area contributed by atoms with Crippen molar-refractivity contribution in [1.82, 2.24) is 0 Å². The molecule has 0 aliphatic carbocycles. The van der Waals surface area contributed by atoms with Gasteiger partial charge in [0.1, 0.15) is 13.2 Å². The number of benzene rings is 2. The third kappa shape index (κ3) is 4.60. The molecule has 2 aromatic rings. The average molecular weight is 376 g/mol. The minimum Gasteiger partial charge on any atom is -0.486 e. The van der Waals surface area contributed by atoms with Crippen LogP contribution in [0.25, 0.3) is 0 Å². The monoisotopic (exact) mass is 376 g/mol. The first-order chi connectivity index (χ1) is 12.4. The van der Waals surface area contributed by atoms with Gasteiger partial charge in [0, 0.05) is 24.0 Å². The molecule has 0 amide bonds. The van der Waals surface area contributed by atoms with E-state index in [4.69, 9.17) is 9.47 Å². The summed E-state index contributed by atoms with van der Waals surface area (Å²) >= 11 is 0. The molecule has 1 aliphatic heterocycles. The van der Waals surface area contributed by atoms with E-state index in [-0.39, 0.29) is 4.90 Å². The fraction of sp³-hybridized carbons (Fsp3) is 0.368. The Labute approximate surface area is 154 Å². The van der Waals surface area contributed by atoms with Gasteiger partial charge >= 0.3 is 0 Å². The Bertz CT molecular complexity index is 848. The van der Waals surface area contributed by atoms with Crippen LogP contribution >= 0.6 is 0 Å². The van der Waals surface area contributed by atoms with E-state index in [0.29, 0.717) is 36.3 Å². The Kier molecular flexibility index (Phi) is 5.56. The fourth-order valence-electron chi connectivity index (χ4n) is 2.57. The molecule has 0 radical (unpaired) electrons. The zero-order chi connectivity index (χ0) is 18.6. The summed E-state index contributed by atoms with van der Waals surface area (Å²) in [7, 11) is -3.69. The number of hydrogen-bond acceptors (Lipinski definition) is 5. The maximum Gasteiger partial charge on any atom is 0.262 e. The third-order valence-corrected chi connectivity index (χ3v) is 5.39. The van der Waals surface area contributed by atoms with E-state index in [1.54, 1.807) is 18.2 Å². The second-order valence-corrected chi connectivity index (χ2v) is 8.28. The SMILES string of the molecule is CC(C)CCNc1ccc(NS(=O)(=O)c2ccc3c(c2)OCCO3)cc1. The second kappa shape index (κ2) is 7.86. The minimum absolute atomic E-state index is 0.140. The van der Waals surface area contributed by atoms with Crippen molar-refractivity contribution >= 4 is 21.4 Å². The van der Waals surface area contributed by atoms with E-state index >= 15 is 0 Å². The molecule has 0 spiro atoms. The largest absolute Gasteiger partial charge is 0.486 e. The zero-order valence-electron chi connectivity index (χ0n) is 15.0. The number of anilines is 2. The van der Waals surface area contributed by atoms with E-state index in [2.05, 4.69) is 23.9 Å². The molecule has 0 bridgehead atoms. The molecule has 0 saturated carbocycles. The van der Waals surface area contributed by atoms with Crippen LogP contribution in [-0.2, 0) is 10.0 Å². The van der Waals surface area contributed by atoms with E-state index in [1.807, 2.05) is 12.1 Å². The molecular formula is C19H24N2O4S. The summed E-state index contributed by atoms with van der Waals surface area (Å²) in [4.78, 5) is 0.140. The number of hydrogen-bond donors (Lipinski definition) is 2.